The van der Waals surface area contributed by atoms with E-state index in [2.05, 4.69) is 41.9 Å². The third kappa shape index (κ3) is 3.81. The van der Waals surface area contributed by atoms with Crippen LogP contribution in [0.4, 0.5) is 0 Å². The van der Waals surface area contributed by atoms with Crippen molar-refractivity contribution < 1.29 is 4.74 Å². The summed E-state index contributed by atoms with van der Waals surface area (Å²) < 4.78 is 6.81. The van der Waals surface area contributed by atoms with E-state index in [1.165, 1.54) is 12.0 Å². The molecule has 0 aliphatic heterocycles. The predicted molar refractivity (Wildman–Crippen MR) is 63.4 cm³/mol. The van der Waals surface area contributed by atoms with Gasteiger partial charge in [0.2, 0.25) is 0 Å². The molecule has 0 aliphatic rings. The van der Waals surface area contributed by atoms with E-state index < -0.39 is 0 Å². The highest BCUT2D eigenvalue weighted by Gasteiger charge is 2.04. The number of halogens is 1. The molecule has 0 radical (unpaired) electrons. The van der Waals surface area contributed by atoms with E-state index in [1.54, 1.807) is 0 Å². The average Bonchev–Trinajstić information content (AvgIpc) is 2.18. The lowest BCUT2D eigenvalue weighted by Crippen LogP contribution is -2.01. The molecule has 0 N–H and O–H groups in total. The molecule has 78 valence electrons. The van der Waals surface area contributed by atoms with Gasteiger partial charge in [-0.25, -0.2) is 0 Å². The molecule has 1 nitrogen and oxygen atoms in total. The van der Waals surface area contributed by atoms with E-state index in [-0.39, 0.29) is 6.10 Å². The van der Waals surface area contributed by atoms with Gasteiger partial charge in [-0.15, -0.1) is 0 Å². The number of benzene rings is 1. The molecule has 0 bridgehead atoms. The summed E-state index contributed by atoms with van der Waals surface area (Å²) in [5, 5.41) is 0. The van der Waals surface area contributed by atoms with Gasteiger partial charge < -0.3 is 4.74 Å². The number of unbranched alkanes of at least 4 members (excludes halogenated alkanes) is 1. The minimum absolute atomic E-state index is 0.194. The van der Waals surface area contributed by atoms with Crippen LogP contribution >= 0.6 is 15.9 Å². The van der Waals surface area contributed by atoms with E-state index >= 15 is 0 Å². The van der Waals surface area contributed by atoms with Gasteiger partial charge in [-0.2, -0.15) is 0 Å². The SMILES string of the molecule is CCCCOC(C)c1cccc(Br)c1. The van der Waals surface area contributed by atoms with Crippen LogP contribution in [0.3, 0.4) is 0 Å². The van der Waals surface area contributed by atoms with Crippen LogP contribution in [0.1, 0.15) is 38.4 Å². The van der Waals surface area contributed by atoms with Crippen LogP contribution in [0, 0.1) is 0 Å². The Kier molecular flexibility index (Phi) is 5.20. The number of hydrogen-bond acceptors (Lipinski definition) is 1. The fourth-order valence-electron chi connectivity index (χ4n) is 1.26. The van der Waals surface area contributed by atoms with E-state index in [0.29, 0.717) is 0 Å². The van der Waals surface area contributed by atoms with Crippen molar-refractivity contribution in [2.45, 2.75) is 32.8 Å². The molecule has 1 aromatic carbocycles. The second kappa shape index (κ2) is 6.20. The molecule has 14 heavy (non-hydrogen) atoms. The summed E-state index contributed by atoms with van der Waals surface area (Å²) in [6, 6.07) is 8.28. The Hall–Kier alpha value is -0.340. The molecule has 0 aromatic heterocycles. The number of ether oxygens (including phenoxy) is 1. The lowest BCUT2D eigenvalue weighted by atomic mass is 10.1. The molecule has 0 spiro atoms. The first kappa shape index (κ1) is 11.7. The number of rotatable bonds is 5. The molecular formula is C12H17BrO. The third-order valence-electron chi connectivity index (χ3n) is 2.18. The van der Waals surface area contributed by atoms with Crippen molar-refractivity contribution in [3.63, 3.8) is 0 Å². The predicted octanol–water partition coefficient (Wildman–Crippen LogP) is 4.33. The second-order valence-corrected chi connectivity index (χ2v) is 4.34. The quantitative estimate of drug-likeness (QED) is 0.713. The first-order valence-corrected chi connectivity index (χ1v) is 5.90. The van der Waals surface area contributed by atoms with Crippen LogP contribution in [0.25, 0.3) is 0 Å². The second-order valence-electron chi connectivity index (χ2n) is 3.42. The minimum atomic E-state index is 0.194. The van der Waals surface area contributed by atoms with Crippen LogP contribution in [-0.4, -0.2) is 6.61 Å². The maximum absolute atomic E-state index is 5.70. The van der Waals surface area contributed by atoms with Gasteiger partial charge in [0.15, 0.2) is 0 Å². The highest BCUT2D eigenvalue weighted by Crippen LogP contribution is 2.20. The summed E-state index contributed by atoms with van der Waals surface area (Å²) in [6.07, 6.45) is 2.52. The van der Waals surface area contributed by atoms with Gasteiger partial charge in [0.25, 0.3) is 0 Å². The lowest BCUT2D eigenvalue weighted by Gasteiger charge is -2.13. The van der Waals surface area contributed by atoms with Crippen molar-refractivity contribution in [2.75, 3.05) is 6.61 Å². The highest BCUT2D eigenvalue weighted by atomic mass is 79.9. The van der Waals surface area contributed by atoms with E-state index in [4.69, 9.17) is 4.74 Å². The summed E-state index contributed by atoms with van der Waals surface area (Å²) in [5.74, 6) is 0. The Morgan fingerprint density at radius 2 is 2.21 bits per heavy atom. The molecule has 2 heteroatoms. The molecule has 1 rings (SSSR count). The molecule has 0 amide bonds. The van der Waals surface area contributed by atoms with Gasteiger partial charge in [0.1, 0.15) is 0 Å². The average molecular weight is 257 g/mol. The molecule has 0 fully saturated rings. The molecule has 1 atom stereocenters. The smallest absolute Gasteiger partial charge is 0.0797 e. The molecule has 0 saturated heterocycles. The molecule has 1 aromatic rings. The van der Waals surface area contributed by atoms with Crippen LogP contribution in [-0.2, 0) is 4.74 Å². The van der Waals surface area contributed by atoms with Crippen molar-refractivity contribution >= 4 is 15.9 Å². The summed E-state index contributed by atoms with van der Waals surface area (Å²) >= 11 is 3.46. The molecule has 0 saturated carbocycles. The Morgan fingerprint density at radius 3 is 2.86 bits per heavy atom. The maximum atomic E-state index is 5.70. The van der Waals surface area contributed by atoms with Gasteiger partial charge in [-0.05, 0) is 31.0 Å². The summed E-state index contributed by atoms with van der Waals surface area (Å²) in [7, 11) is 0. The van der Waals surface area contributed by atoms with Crippen LogP contribution in [0.2, 0.25) is 0 Å². The van der Waals surface area contributed by atoms with E-state index in [1.807, 2.05) is 12.1 Å². The topological polar surface area (TPSA) is 9.23 Å². The monoisotopic (exact) mass is 256 g/mol. The fourth-order valence-corrected chi connectivity index (χ4v) is 1.68. The van der Waals surface area contributed by atoms with Gasteiger partial charge in [-0.3, -0.25) is 0 Å². The van der Waals surface area contributed by atoms with Gasteiger partial charge >= 0.3 is 0 Å². The largest absolute Gasteiger partial charge is 0.374 e. The van der Waals surface area contributed by atoms with Crippen molar-refractivity contribution in [3.05, 3.63) is 34.3 Å². The number of hydrogen-bond donors (Lipinski definition) is 0. The fraction of sp³-hybridized carbons (Fsp3) is 0.500. The van der Waals surface area contributed by atoms with Crippen LogP contribution in [0.15, 0.2) is 28.7 Å². The van der Waals surface area contributed by atoms with E-state index in [9.17, 15) is 0 Å². The van der Waals surface area contributed by atoms with Gasteiger partial charge in [0.05, 0.1) is 6.10 Å². The van der Waals surface area contributed by atoms with Crippen LogP contribution < -0.4 is 0 Å². The summed E-state index contributed by atoms with van der Waals surface area (Å²) in [5.41, 5.74) is 1.23. The van der Waals surface area contributed by atoms with Crippen molar-refractivity contribution in [2.24, 2.45) is 0 Å². The van der Waals surface area contributed by atoms with Crippen molar-refractivity contribution in [3.8, 4) is 0 Å². The standard InChI is InChI=1S/C12H17BrO/c1-3-4-8-14-10(2)11-6-5-7-12(13)9-11/h5-7,9-10H,3-4,8H2,1-2H3. The molecule has 0 aliphatic carbocycles. The highest BCUT2D eigenvalue weighted by molar-refractivity contribution is 9.10. The summed E-state index contributed by atoms with van der Waals surface area (Å²) in [4.78, 5) is 0. The first-order valence-electron chi connectivity index (χ1n) is 5.11. The minimum Gasteiger partial charge on any atom is -0.374 e. The van der Waals surface area contributed by atoms with Gasteiger partial charge in [-0.1, -0.05) is 41.4 Å². The molecular weight excluding hydrogens is 240 g/mol. The molecule has 1 unspecified atom stereocenters. The van der Waals surface area contributed by atoms with E-state index in [0.717, 1.165) is 17.5 Å². The Bertz CT molecular complexity index is 273. The van der Waals surface area contributed by atoms with Crippen LogP contribution in [0.5, 0.6) is 0 Å². The maximum Gasteiger partial charge on any atom is 0.0797 e. The molecule has 0 heterocycles. The normalized spacial score (nSPS) is 12.8. The van der Waals surface area contributed by atoms with Crippen molar-refractivity contribution in [1.82, 2.24) is 0 Å². The lowest BCUT2D eigenvalue weighted by molar-refractivity contribution is 0.0636. The zero-order valence-electron chi connectivity index (χ0n) is 8.79. The zero-order chi connectivity index (χ0) is 10.4. The summed E-state index contributed by atoms with van der Waals surface area (Å²) in [6.45, 7) is 5.12. The van der Waals surface area contributed by atoms with Gasteiger partial charge in [0, 0.05) is 11.1 Å². The van der Waals surface area contributed by atoms with Crippen molar-refractivity contribution in [1.29, 1.82) is 0 Å². The first-order chi connectivity index (χ1) is 6.74. The Labute approximate surface area is 94.6 Å². The zero-order valence-corrected chi connectivity index (χ0v) is 10.4. The third-order valence-corrected chi connectivity index (χ3v) is 2.68. The Balaban J connectivity index is 2.47. The Morgan fingerprint density at radius 1 is 1.43 bits per heavy atom.